The lowest BCUT2D eigenvalue weighted by Gasteiger charge is -2.33. The van der Waals surface area contributed by atoms with E-state index in [0.717, 1.165) is 5.57 Å². The highest BCUT2D eigenvalue weighted by atomic mass is 19.1. The number of likely N-dealkylation sites (tertiary alicyclic amines) is 1. The smallest absolute Gasteiger partial charge is 0.444 e. The molecule has 0 bridgehead atoms. The highest BCUT2D eigenvalue weighted by molar-refractivity contribution is 6.53. The van der Waals surface area contributed by atoms with E-state index in [1.807, 2.05) is 48.5 Å². The predicted molar refractivity (Wildman–Crippen MR) is 93.6 cm³/mol. The molecule has 2 aliphatic heterocycles. The Morgan fingerprint density at radius 3 is 2.28 bits per heavy atom. The molecule has 1 amide bonds. The standard InChI is InChI=1S/C18H29BFNO4/c1-16(2,3)23-15(22)21-9-11-8-12(13(11)10-21)14(20)19-24-17(4,5)18(6,7)25-19/h11,13H,8-10H2,1-7H3. The molecule has 0 radical (unpaired) electrons. The van der Waals surface area contributed by atoms with Gasteiger partial charge in [-0.25, -0.2) is 9.18 Å². The van der Waals surface area contributed by atoms with Crippen LogP contribution < -0.4 is 0 Å². The van der Waals surface area contributed by atoms with Crippen LogP contribution in [0.4, 0.5) is 9.18 Å². The first-order valence-corrected chi connectivity index (χ1v) is 9.03. The van der Waals surface area contributed by atoms with Crippen molar-refractivity contribution in [3.63, 3.8) is 0 Å². The predicted octanol–water partition coefficient (Wildman–Crippen LogP) is 3.73. The average molecular weight is 353 g/mol. The van der Waals surface area contributed by atoms with E-state index < -0.39 is 23.9 Å². The number of nitrogens with zero attached hydrogens (tertiary/aromatic N) is 1. The first-order chi connectivity index (χ1) is 11.3. The van der Waals surface area contributed by atoms with Gasteiger partial charge in [-0.1, -0.05) is 0 Å². The highest BCUT2D eigenvalue weighted by Crippen LogP contribution is 2.49. The summed E-state index contributed by atoms with van der Waals surface area (Å²) >= 11 is 0. The largest absolute Gasteiger partial charge is 0.525 e. The molecule has 3 aliphatic rings. The van der Waals surface area contributed by atoms with Gasteiger partial charge in [-0.15, -0.1) is 0 Å². The Labute approximate surface area is 150 Å². The number of rotatable bonds is 1. The highest BCUT2D eigenvalue weighted by Gasteiger charge is 2.56. The van der Waals surface area contributed by atoms with Gasteiger partial charge in [-0.3, -0.25) is 0 Å². The number of carbonyl (C=O) groups excluding carboxylic acids is 1. The van der Waals surface area contributed by atoms with Crippen LogP contribution in [0.15, 0.2) is 11.3 Å². The lowest BCUT2D eigenvalue weighted by molar-refractivity contribution is 0.00578. The molecule has 1 aliphatic carbocycles. The summed E-state index contributed by atoms with van der Waals surface area (Å²) in [5, 5.41) is 0. The molecule has 3 rings (SSSR count). The van der Waals surface area contributed by atoms with Crippen LogP contribution in [0.5, 0.6) is 0 Å². The van der Waals surface area contributed by atoms with E-state index in [1.54, 1.807) is 4.90 Å². The molecule has 0 N–H and O–H groups in total. The molecule has 0 aromatic heterocycles. The summed E-state index contributed by atoms with van der Waals surface area (Å²) in [7, 11) is -0.948. The zero-order valence-electron chi connectivity index (χ0n) is 16.3. The Morgan fingerprint density at radius 1 is 1.20 bits per heavy atom. The molecule has 5 nitrogen and oxygen atoms in total. The van der Waals surface area contributed by atoms with Crippen LogP contribution in [-0.2, 0) is 14.0 Å². The van der Waals surface area contributed by atoms with Crippen molar-refractivity contribution < 1.29 is 23.2 Å². The Hall–Kier alpha value is -1.08. The molecule has 0 aromatic rings. The van der Waals surface area contributed by atoms with Gasteiger partial charge in [0.05, 0.1) is 11.2 Å². The lowest BCUT2D eigenvalue weighted by Crippen LogP contribution is -2.41. The van der Waals surface area contributed by atoms with Gasteiger partial charge in [0.15, 0.2) is 0 Å². The fourth-order valence-electron chi connectivity index (χ4n) is 3.59. The number of ether oxygens (including phenoxy) is 1. The molecule has 1 saturated carbocycles. The van der Waals surface area contributed by atoms with Gasteiger partial charge < -0.3 is 18.9 Å². The Kier molecular flexibility index (Phi) is 4.27. The van der Waals surface area contributed by atoms with Crippen molar-refractivity contribution in [1.82, 2.24) is 4.90 Å². The van der Waals surface area contributed by atoms with Gasteiger partial charge in [0.1, 0.15) is 11.3 Å². The minimum absolute atomic E-state index is 0.0477. The van der Waals surface area contributed by atoms with Crippen LogP contribution >= 0.6 is 0 Å². The SMILES string of the molecule is CC(C)(C)OC(=O)N1CC2CC(=C(F)B3OC(C)(C)C(C)(C)O3)C2C1. The van der Waals surface area contributed by atoms with E-state index in [-0.39, 0.29) is 17.7 Å². The molecule has 140 valence electrons. The normalized spacial score (nSPS) is 32.3. The van der Waals surface area contributed by atoms with E-state index >= 15 is 0 Å². The van der Waals surface area contributed by atoms with E-state index in [9.17, 15) is 9.18 Å². The molecule has 0 spiro atoms. The van der Waals surface area contributed by atoms with Crippen molar-refractivity contribution in [2.45, 2.75) is 71.7 Å². The maximum atomic E-state index is 15.0. The van der Waals surface area contributed by atoms with Gasteiger partial charge in [0.25, 0.3) is 0 Å². The van der Waals surface area contributed by atoms with Crippen LogP contribution in [0.1, 0.15) is 54.9 Å². The van der Waals surface area contributed by atoms with E-state index in [1.165, 1.54) is 0 Å². The number of hydrogen-bond donors (Lipinski definition) is 0. The Balaban J connectivity index is 1.67. The van der Waals surface area contributed by atoms with Crippen LogP contribution in [0.3, 0.4) is 0 Å². The third-order valence-electron chi connectivity index (χ3n) is 5.79. The third-order valence-corrected chi connectivity index (χ3v) is 5.79. The summed E-state index contributed by atoms with van der Waals surface area (Å²) in [6.07, 6.45) is 0.331. The van der Waals surface area contributed by atoms with Crippen molar-refractivity contribution in [2.75, 3.05) is 13.1 Å². The van der Waals surface area contributed by atoms with Crippen molar-refractivity contribution >= 4 is 13.2 Å². The first-order valence-electron chi connectivity index (χ1n) is 9.03. The minimum atomic E-state index is -0.948. The van der Waals surface area contributed by atoms with Gasteiger partial charge in [-0.2, -0.15) is 0 Å². The van der Waals surface area contributed by atoms with Crippen LogP contribution in [-0.4, -0.2) is 48.0 Å². The van der Waals surface area contributed by atoms with Gasteiger partial charge in [-0.05, 0) is 66.4 Å². The molecule has 2 saturated heterocycles. The molecule has 3 fully saturated rings. The average Bonchev–Trinajstić information content (AvgIpc) is 2.83. The van der Waals surface area contributed by atoms with Gasteiger partial charge >= 0.3 is 13.2 Å². The second-order valence-electron chi connectivity index (χ2n) is 9.42. The van der Waals surface area contributed by atoms with Crippen molar-refractivity contribution in [2.24, 2.45) is 11.8 Å². The van der Waals surface area contributed by atoms with Crippen LogP contribution in [0, 0.1) is 11.8 Å². The maximum absolute atomic E-state index is 15.0. The van der Waals surface area contributed by atoms with E-state index in [2.05, 4.69) is 0 Å². The minimum Gasteiger partial charge on any atom is -0.444 e. The van der Waals surface area contributed by atoms with E-state index in [0.29, 0.717) is 25.4 Å². The topological polar surface area (TPSA) is 48.0 Å². The van der Waals surface area contributed by atoms with Crippen molar-refractivity contribution in [1.29, 1.82) is 0 Å². The maximum Gasteiger partial charge on any atom is 0.525 e. The number of amides is 1. The van der Waals surface area contributed by atoms with Crippen LogP contribution in [0.2, 0.25) is 0 Å². The molecule has 25 heavy (non-hydrogen) atoms. The van der Waals surface area contributed by atoms with Crippen molar-refractivity contribution in [3.05, 3.63) is 11.3 Å². The molecule has 2 heterocycles. The second kappa shape index (κ2) is 5.71. The molecule has 7 heteroatoms. The summed E-state index contributed by atoms with van der Waals surface area (Å²) in [6.45, 7) is 14.3. The first kappa shape index (κ1) is 18.7. The van der Waals surface area contributed by atoms with Crippen LogP contribution in [0.25, 0.3) is 0 Å². The number of fused-ring (bicyclic) bond motifs is 1. The van der Waals surface area contributed by atoms with Gasteiger partial charge in [0, 0.05) is 19.0 Å². The third kappa shape index (κ3) is 3.33. The number of halogens is 1. The number of carbonyl (C=O) groups is 1. The fraction of sp³-hybridized carbons (Fsp3) is 0.833. The van der Waals surface area contributed by atoms with E-state index in [4.69, 9.17) is 14.0 Å². The molecule has 2 unspecified atom stereocenters. The quantitative estimate of drug-likeness (QED) is 0.674. The molecule has 2 atom stereocenters. The number of hydrogen-bond acceptors (Lipinski definition) is 4. The molecule has 0 aromatic carbocycles. The molecular weight excluding hydrogens is 324 g/mol. The monoisotopic (exact) mass is 353 g/mol. The summed E-state index contributed by atoms with van der Waals surface area (Å²) in [4.78, 5) is 13.9. The summed E-state index contributed by atoms with van der Waals surface area (Å²) in [6, 6.07) is 0. The Morgan fingerprint density at radius 2 is 1.76 bits per heavy atom. The summed E-state index contributed by atoms with van der Waals surface area (Å²) in [5.74, 6) is 0.349. The second-order valence-corrected chi connectivity index (χ2v) is 9.42. The van der Waals surface area contributed by atoms with Crippen molar-refractivity contribution in [3.8, 4) is 0 Å². The molecular formula is C18H29BFNO4. The fourth-order valence-corrected chi connectivity index (χ4v) is 3.59. The summed E-state index contributed by atoms with van der Waals surface area (Å²) in [5.41, 5.74) is -1.22. The van der Waals surface area contributed by atoms with Gasteiger partial charge in [0.2, 0.25) is 0 Å². The lowest BCUT2D eigenvalue weighted by atomic mass is 9.66. The zero-order chi connectivity index (χ0) is 18.8. The zero-order valence-corrected chi connectivity index (χ0v) is 16.3. The Bertz CT molecular complexity index is 595. The summed E-state index contributed by atoms with van der Waals surface area (Å²) < 4.78 is 32.0.